The van der Waals surface area contributed by atoms with Crippen molar-refractivity contribution < 1.29 is 26.3 Å². The van der Waals surface area contributed by atoms with E-state index in [1.165, 1.54) is 0 Å². The van der Waals surface area contributed by atoms with E-state index in [0.29, 0.717) is 16.8 Å². The predicted octanol–water partition coefficient (Wildman–Crippen LogP) is 3.18. The van der Waals surface area contributed by atoms with Crippen molar-refractivity contribution in [1.82, 2.24) is 14.8 Å². The van der Waals surface area contributed by atoms with Crippen LogP contribution in [0.2, 0.25) is 0 Å². The minimum absolute atomic E-state index is 0.333. The zero-order valence-electron chi connectivity index (χ0n) is 9.87. The molecule has 0 aromatic carbocycles. The zero-order chi connectivity index (χ0) is 15.8. The van der Waals surface area contributed by atoms with Crippen LogP contribution < -0.4 is 0 Å². The second-order valence-electron chi connectivity index (χ2n) is 3.82. The molecule has 0 aliphatic heterocycles. The number of aromatic nitrogens is 3. The van der Waals surface area contributed by atoms with Crippen LogP contribution >= 0.6 is 0 Å². The topological polar surface area (TPSA) is 54.5 Å². The van der Waals surface area contributed by atoms with E-state index < -0.39 is 29.6 Å². The van der Waals surface area contributed by atoms with Crippen molar-refractivity contribution in [2.45, 2.75) is 12.4 Å². The van der Waals surface area contributed by atoms with Gasteiger partial charge < -0.3 is 0 Å². The molecule has 2 aromatic heterocycles. The van der Waals surface area contributed by atoms with Crippen LogP contribution in [-0.2, 0) is 12.4 Å². The molecule has 0 saturated heterocycles. The lowest BCUT2D eigenvalue weighted by atomic mass is 10.2. The van der Waals surface area contributed by atoms with Crippen LogP contribution in [0.3, 0.4) is 0 Å². The highest BCUT2D eigenvalue weighted by molar-refractivity contribution is 5.44. The minimum Gasteiger partial charge on any atom is -0.223 e. The maximum atomic E-state index is 12.6. The van der Waals surface area contributed by atoms with Gasteiger partial charge in [0.1, 0.15) is 11.8 Å². The Bertz CT molecular complexity index is 707. The molecule has 0 spiro atoms. The molecular weight excluding hydrogens is 302 g/mol. The molecule has 110 valence electrons. The SMILES string of the molecule is N#Cc1ccc(C(F)(F)F)nc1-n1ccc(C(F)(F)F)n1. The number of pyridine rings is 1. The van der Waals surface area contributed by atoms with Gasteiger partial charge in [-0.25, -0.2) is 9.67 Å². The van der Waals surface area contributed by atoms with Crippen molar-refractivity contribution in [3.05, 3.63) is 41.3 Å². The molecule has 0 bridgehead atoms. The van der Waals surface area contributed by atoms with Crippen LogP contribution in [0.15, 0.2) is 24.4 Å². The van der Waals surface area contributed by atoms with Gasteiger partial charge in [0.2, 0.25) is 0 Å². The summed E-state index contributed by atoms with van der Waals surface area (Å²) >= 11 is 0. The Morgan fingerprint density at radius 3 is 2.05 bits per heavy atom. The first-order valence-corrected chi connectivity index (χ1v) is 5.24. The van der Waals surface area contributed by atoms with E-state index in [4.69, 9.17) is 5.26 Å². The smallest absolute Gasteiger partial charge is 0.223 e. The fraction of sp³-hybridized carbons (Fsp3) is 0.182. The largest absolute Gasteiger partial charge is 0.435 e. The Morgan fingerprint density at radius 2 is 1.57 bits per heavy atom. The van der Waals surface area contributed by atoms with Gasteiger partial charge in [-0.15, -0.1) is 0 Å². The summed E-state index contributed by atoms with van der Waals surface area (Å²) in [5.74, 6) is -0.622. The summed E-state index contributed by atoms with van der Waals surface area (Å²) in [4.78, 5) is 3.17. The Balaban J connectivity index is 2.57. The summed E-state index contributed by atoms with van der Waals surface area (Å²) in [7, 11) is 0. The summed E-state index contributed by atoms with van der Waals surface area (Å²) in [6, 6.07) is 3.51. The van der Waals surface area contributed by atoms with Gasteiger partial charge in [0.25, 0.3) is 0 Å². The third-order valence-corrected chi connectivity index (χ3v) is 2.38. The third kappa shape index (κ3) is 2.96. The molecule has 0 aliphatic carbocycles. The summed E-state index contributed by atoms with van der Waals surface area (Å²) in [6.45, 7) is 0. The van der Waals surface area contributed by atoms with Gasteiger partial charge in [-0.1, -0.05) is 0 Å². The Morgan fingerprint density at radius 1 is 0.952 bits per heavy atom. The van der Waals surface area contributed by atoms with Crippen molar-refractivity contribution in [3.63, 3.8) is 0 Å². The summed E-state index contributed by atoms with van der Waals surface area (Å²) in [5.41, 5.74) is -2.97. The molecule has 10 heteroatoms. The fourth-order valence-corrected chi connectivity index (χ4v) is 1.46. The zero-order valence-corrected chi connectivity index (χ0v) is 9.87. The van der Waals surface area contributed by atoms with E-state index >= 15 is 0 Å². The highest BCUT2D eigenvalue weighted by Crippen LogP contribution is 2.30. The fourth-order valence-electron chi connectivity index (χ4n) is 1.46. The van der Waals surface area contributed by atoms with E-state index in [1.54, 1.807) is 6.07 Å². The first kappa shape index (κ1) is 14.8. The van der Waals surface area contributed by atoms with E-state index in [0.717, 1.165) is 12.3 Å². The van der Waals surface area contributed by atoms with E-state index in [-0.39, 0.29) is 5.56 Å². The molecule has 0 fully saturated rings. The van der Waals surface area contributed by atoms with Crippen molar-refractivity contribution in [2.75, 3.05) is 0 Å². The van der Waals surface area contributed by atoms with E-state index in [9.17, 15) is 26.3 Å². The summed E-state index contributed by atoms with van der Waals surface area (Å²) in [5, 5.41) is 11.9. The lowest BCUT2D eigenvalue weighted by Crippen LogP contribution is -2.13. The van der Waals surface area contributed by atoms with Gasteiger partial charge in [-0.3, -0.25) is 0 Å². The second-order valence-corrected chi connectivity index (χ2v) is 3.82. The molecular formula is C11H4F6N4. The van der Waals surface area contributed by atoms with Gasteiger partial charge in [0, 0.05) is 6.20 Å². The Labute approximate surface area is 113 Å². The third-order valence-electron chi connectivity index (χ3n) is 2.38. The number of nitriles is 1. The monoisotopic (exact) mass is 306 g/mol. The number of nitrogens with zero attached hydrogens (tertiary/aromatic N) is 4. The van der Waals surface area contributed by atoms with Gasteiger partial charge in [-0.05, 0) is 18.2 Å². The number of hydrogen-bond acceptors (Lipinski definition) is 3. The molecule has 0 N–H and O–H groups in total. The molecule has 0 saturated carbocycles. The molecule has 0 radical (unpaired) electrons. The summed E-state index contributed by atoms with van der Waals surface area (Å²) in [6.07, 6.45) is -8.76. The van der Waals surface area contributed by atoms with Crippen LogP contribution in [0.5, 0.6) is 0 Å². The standard InChI is InChI=1S/C11H4F6N4/c12-10(13,14)7-2-1-6(5-18)9(19-7)21-4-3-8(20-21)11(15,16)17/h1-4H. The van der Waals surface area contributed by atoms with Gasteiger partial charge in [-0.2, -0.15) is 36.7 Å². The van der Waals surface area contributed by atoms with Crippen molar-refractivity contribution in [3.8, 4) is 11.9 Å². The second kappa shape index (κ2) is 4.76. The van der Waals surface area contributed by atoms with Gasteiger partial charge in [0.15, 0.2) is 11.5 Å². The van der Waals surface area contributed by atoms with E-state index in [1.807, 2.05) is 0 Å². The number of halogens is 6. The normalized spacial score (nSPS) is 12.2. The molecule has 0 aliphatic rings. The molecule has 21 heavy (non-hydrogen) atoms. The first-order valence-electron chi connectivity index (χ1n) is 5.24. The molecule has 0 atom stereocenters. The number of hydrogen-bond donors (Lipinski definition) is 0. The highest BCUT2D eigenvalue weighted by Gasteiger charge is 2.35. The molecule has 2 aromatic rings. The number of alkyl halides is 6. The highest BCUT2D eigenvalue weighted by atomic mass is 19.4. The summed E-state index contributed by atoms with van der Waals surface area (Å²) < 4.78 is 75.4. The quantitative estimate of drug-likeness (QED) is 0.760. The predicted molar refractivity (Wildman–Crippen MR) is 56.1 cm³/mol. The van der Waals surface area contributed by atoms with Crippen LogP contribution in [-0.4, -0.2) is 14.8 Å². The minimum atomic E-state index is -4.79. The van der Waals surface area contributed by atoms with Crippen LogP contribution in [0.4, 0.5) is 26.3 Å². The van der Waals surface area contributed by atoms with E-state index in [2.05, 4.69) is 10.1 Å². The molecule has 0 unspecified atom stereocenters. The average Bonchev–Trinajstić information content (AvgIpc) is 2.86. The van der Waals surface area contributed by atoms with Crippen LogP contribution in [0.25, 0.3) is 5.82 Å². The Hall–Kier alpha value is -2.57. The van der Waals surface area contributed by atoms with Crippen LogP contribution in [0, 0.1) is 11.3 Å². The molecule has 2 heterocycles. The number of rotatable bonds is 1. The first-order chi connectivity index (χ1) is 9.63. The molecule has 2 rings (SSSR count). The maximum absolute atomic E-state index is 12.6. The molecule has 0 amide bonds. The van der Waals surface area contributed by atoms with Crippen molar-refractivity contribution in [2.24, 2.45) is 0 Å². The molecule has 4 nitrogen and oxygen atoms in total. The lowest BCUT2D eigenvalue weighted by Gasteiger charge is -2.09. The van der Waals surface area contributed by atoms with Crippen molar-refractivity contribution in [1.29, 1.82) is 5.26 Å². The van der Waals surface area contributed by atoms with Gasteiger partial charge in [0.05, 0.1) is 5.56 Å². The van der Waals surface area contributed by atoms with Crippen LogP contribution in [0.1, 0.15) is 17.0 Å². The maximum Gasteiger partial charge on any atom is 0.435 e. The van der Waals surface area contributed by atoms with Gasteiger partial charge >= 0.3 is 12.4 Å². The van der Waals surface area contributed by atoms with Crippen molar-refractivity contribution >= 4 is 0 Å². The Kier molecular flexibility index (Phi) is 3.36. The average molecular weight is 306 g/mol. The lowest BCUT2D eigenvalue weighted by molar-refractivity contribution is -0.142.